The van der Waals surface area contributed by atoms with Crippen LogP contribution < -0.4 is 21.7 Å². The Morgan fingerprint density at radius 1 is 0.923 bits per heavy atom. The SMILES string of the molecule is CCC(C)C(NC(=O)C(Cc1ccc(O)cc1)NC(=O)C(Cc1c[nH]c2ccccc12)NC(=O)CN)C(=O)O. The number of para-hydroxylation sites is 1. The van der Waals surface area contributed by atoms with Crippen molar-refractivity contribution in [1.29, 1.82) is 0 Å². The lowest BCUT2D eigenvalue weighted by Crippen LogP contribution is -2.58. The average Bonchev–Trinajstić information content (AvgIpc) is 3.33. The van der Waals surface area contributed by atoms with Gasteiger partial charge in [0.2, 0.25) is 17.7 Å². The molecule has 0 aliphatic heterocycles. The molecule has 0 aliphatic rings. The highest BCUT2D eigenvalue weighted by Gasteiger charge is 2.32. The zero-order valence-electron chi connectivity index (χ0n) is 21.9. The van der Waals surface area contributed by atoms with Crippen molar-refractivity contribution in [3.63, 3.8) is 0 Å². The molecule has 8 N–H and O–H groups in total. The lowest BCUT2D eigenvalue weighted by molar-refractivity contribution is -0.143. The number of aromatic hydroxyl groups is 1. The largest absolute Gasteiger partial charge is 0.508 e. The quantitative estimate of drug-likeness (QED) is 0.171. The molecule has 4 unspecified atom stereocenters. The van der Waals surface area contributed by atoms with Crippen LogP contribution in [-0.4, -0.2) is 63.6 Å². The van der Waals surface area contributed by atoms with Crippen molar-refractivity contribution < 1.29 is 29.4 Å². The number of rotatable bonds is 13. The third-order valence-electron chi connectivity index (χ3n) is 6.72. The maximum absolute atomic E-state index is 13.5. The third kappa shape index (κ3) is 7.81. The number of phenols is 1. The Morgan fingerprint density at radius 3 is 2.21 bits per heavy atom. The minimum absolute atomic E-state index is 0.0232. The van der Waals surface area contributed by atoms with Crippen molar-refractivity contribution in [1.82, 2.24) is 20.9 Å². The standard InChI is InChI=1S/C28H35N5O6/c1-3-16(2)25(28(38)39)33-27(37)22(12-17-8-10-19(34)11-9-17)32-26(36)23(31-24(35)14-29)13-18-15-30-21-7-5-4-6-20(18)21/h4-11,15-16,22-23,25,30,34H,3,12-14,29H2,1-2H3,(H,31,35)(H,32,36)(H,33,37)(H,38,39). The summed E-state index contributed by atoms with van der Waals surface area (Å²) in [5.74, 6) is -3.35. The molecule has 11 nitrogen and oxygen atoms in total. The van der Waals surface area contributed by atoms with Crippen molar-refractivity contribution in [2.24, 2.45) is 11.7 Å². The van der Waals surface area contributed by atoms with Gasteiger partial charge in [0.05, 0.1) is 6.54 Å². The van der Waals surface area contributed by atoms with Gasteiger partial charge in [0.15, 0.2) is 0 Å². The molecule has 0 saturated heterocycles. The molecule has 0 bridgehead atoms. The molecule has 3 aromatic rings. The highest BCUT2D eigenvalue weighted by Crippen LogP contribution is 2.19. The molecule has 0 fully saturated rings. The van der Waals surface area contributed by atoms with Crippen LogP contribution in [0.2, 0.25) is 0 Å². The number of aromatic nitrogens is 1. The second-order valence-electron chi connectivity index (χ2n) is 9.53. The number of amides is 3. The van der Waals surface area contributed by atoms with E-state index in [4.69, 9.17) is 5.73 Å². The number of carboxylic acids is 1. The summed E-state index contributed by atoms with van der Waals surface area (Å²) in [5, 5.41) is 28.0. The van der Waals surface area contributed by atoms with Crippen LogP contribution >= 0.6 is 0 Å². The fraction of sp³-hybridized carbons (Fsp3) is 0.357. The van der Waals surface area contributed by atoms with Gasteiger partial charge in [-0.15, -0.1) is 0 Å². The molecule has 1 heterocycles. The highest BCUT2D eigenvalue weighted by atomic mass is 16.4. The maximum atomic E-state index is 13.5. The summed E-state index contributed by atoms with van der Waals surface area (Å²) in [6.07, 6.45) is 2.42. The first kappa shape index (κ1) is 29.2. The van der Waals surface area contributed by atoms with E-state index < -0.39 is 41.8 Å². The first-order valence-corrected chi connectivity index (χ1v) is 12.8. The van der Waals surface area contributed by atoms with E-state index in [0.29, 0.717) is 12.0 Å². The molecule has 3 rings (SSSR count). The van der Waals surface area contributed by atoms with Gasteiger partial charge in [0, 0.05) is 29.9 Å². The first-order chi connectivity index (χ1) is 18.6. The Balaban J connectivity index is 1.87. The number of aromatic amines is 1. The number of fused-ring (bicyclic) bond motifs is 1. The highest BCUT2D eigenvalue weighted by molar-refractivity contribution is 5.94. The molecule has 208 valence electrons. The maximum Gasteiger partial charge on any atom is 0.326 e. The number of aliphatic carboxylic acids is 1. The Hall–Kier alpha value is -4.38. The fourth-order valence-corrected chi connectivity index (χ4v) is 4.27. The normalized spacial score (nSPS) is 14.1. The van der Waals surface area contributed by atoms with E-state index in [1.54, 1.807) is 25.3 Å². The number of carboxylic acid groups (broad SMARTS) is 1. The van der Waals surface area contributed by atoms with Crippen molar-refractivity contribution in [2.75, 3.05) is 6.54 Å². The smallest absolute Gasteiger partial charge is 0.326 e. The van der Waals surface area contributed by atoms with E-state index in [0.717, 1.165) is 16.5 Å². The van der Waals surface area contributed by atoms with E-state index in [1.807, 2.05) is 31.2 Å². The Kier molecular flexibility index (Phi) is 10.0. The molecule has 4 atom stereocenters. The summed E-state index contributed by atoms with van der Waals surface area (Å²) in [5.41, 5.74) is 7.76. The molecular weight excluding hydrogens is 502 g/mol. The van der Waals surface area contributed by atoms with Crippen LogP contribution in [0.1, 0.15) is 31.4 Å². The summed E-state index contributed by atoms with van der Waals surface area (Å²) < 4.78 is 0. The lowest BCUT2D eigenvalue weighted by Gasteiger charge is -2.26. The lowest BCUT2D eigenvalue weighted by atomic mass is 9.97. The molecule has 3 amide bonds. The average molecular weight is 538 g/mol. The monoisotopic (exact) mass is 537 g/mol. The topological polar surface area (TPSA) is 187 Å². The molecule has 0 radical (unpaired) electrons. The van der Waals surface area contributed by atoms with Crippen LogP contribution in [0.3, 0.4) is 0 Å². The number of carbonyl (C=O) groups is 4. The van der Waals surface area contributed by atoms with Gasteiger partial charge in [-0.1, -0.05) is 50.6 Å². The Labute approximate surface area is 226 Å². The zero-order chi connectivity index (χ0) is 28.5. The summed E-state index contributed by atoms with van der Waals surface area (Å²) in [7, 11) is 0. The predicted molar refractivity (Wildman–Crippen MR) is 146 cm³/mol. The van der Waals surface area contributed by atoms with Gasteiger partial charge < -0.3 is 36.9 Å². The molecule has 1 aromatic heterocycles. The molecule has 39 heavy (non-hydrogen) atoms. The third-order valence-corrected chi connectivity index (χ3v) is 6.72. The minimum Gasteiger partial charge on any atom is -0.508 e. The van der Waals surface area contributed by atoms with Crippen LogP contribution in [0.25, 0.3) is 10.9 Å². The summed E-state index contributed by atoms with van der Waals surface area (Å²) in [6, 6.07) is 10.3. The first-order valence-electron chi connectivity index (χ1n) is 12.8. The van der Waals surface area contributed by atoms with Crippen LogP contribution in [0.4, 0.5) is 0 Å². The molecule has 11 heteroatoms. The van der Waals surface area contributed by atoms with Gasteiger partial charge in [-0.3, -0.25) is 14.4 Å². The van der Waals surface area contributed by atoms with E-state index in [-0.39, 0.29) is 31.1 Å². The van der Waals surface area contributed by atoms with E-state index in [9.17, 15) is 29.4 Å². The number of phenolic OH excluding ortho intramolecular Hbond substituents is 1. The summed E-state index contributed by atoms with van der Waals surface area (Å²) in [4.78, 5) is 54.0. The van der Waals surface area contributed by atoms with Crippen molar-refractivity contribution in [3.8, 4) is 5.75 Å². The Morgan fingerprint density at radius 2 is 1.56 bits per heavy atom. The molecule has 0 saturated carbocycles. The zero-order valence-corrected chi connectivity index (χ0v) is 21.9. The molecule has 0 aliphatic carbocycles. The van der Waals surface area contributed by atoms with Gasteiger partial charge >= 0.3 is 5.97 Å². The van der Waals surface area contributed by atoms with Gasteiger partial charge in [0.25, 0.3) is 0 Å². The molecule has 2 aromatic carbocycles. The van der Waals surface area contributed by atoms with Crippen LogP contribution in [-0.2, 0) is 32.0 Å². The van der Waals surface area contributed by atoms with E-state index in [1.165, 1.54) is 12.1 Å². The van der Waals surface area contributed by atoms with Gasteiger partial charge in [-0.2, -0.15) is 0 Å². The Bertz CT molecular complexity index is 1310. The van der Waals surface area contributed by atoms with Crippen LogP contribution in [0.15, 0.2) is 54.7 Å². The second kappa shape index (κ2) is 13.4. The number of hydrogen-bond acceptors (Lipinski definition) is 6. The van der Waals surface area contributed by atoms with Gasteiger partial charge in [-0.05, 0) is 35.2 Å². The van der Waals surface area contributed by atoms with Crippen LogP contribution in [0.5, 0.6) is 5.75 Å². The van der Waals surface area contributed by atoms with Crippen LogP contribution in [0, 0.1) is 5.92 Å². The van der Waals surface area contributed by atoms with Gasteiger partial charge in [-0.25, -0.2) is 4.79 Å². The number of benzene rings is 2. The fourth-order valence-electron chi connectivity index (χ4n) is 4.27. The number of hydrogen-bond donors (Lipinski definition) is 7. The van der Waals surface area contributed by atoms with Crippen molar-refractivity contribution in [2.45, 2.75) is 51.2 Å². The summed E-state index contributed by atoms with van der Waals surface area (Å²) in [6.45, 7) is 3.20. The molecule has 0 spiro atoms. The van der Waals surface area contributed by atoms with E-state index >= 15 is 0 Å². The van der Waals surface area contributed by atoms with E-state index in [2.05, 4.69) is 20.9 Å². The number of carbonyl (C=O) groups excluding carboxylic acids is 3. The van der Waals surface area contributed by atoms with Gasteiger partial charge in [0.1, 0.15) is 23.9 Å². The predicted octanol–water partition coefficient (Wildman–Crippen LogP) is 1.20. The van der Waals surface area contributed by atoms with Crippen molar-refractivity contribution >= 4 is 34.6 Å². The summed E-state index contributed by atoms with van der Waals surface area (Å²) >= 11 is 0. The number of nitrogens with one attached hydrogen (secondary N) is 4. The number of nitrogens with two attached hydrogens (primary N) is 1. The van der Waals surface area contributed by atoms with Crippen molar-refractivity contribution in [3.05, 3.63) is 65.9 Å². The second-order valence-corrected chi connectivity index (χ2v) is 9.53. The number of H-pyrrole nitrogens is 1. The molecular formula is C28H35N5O6. The minimum atomic E-state index is -1.18.